The van der Waals surface area contributed by atoms with Gasteiger partial charge in [0.25, 0.3) is 0 Å². The SMILES string of the molecule is CCC(N)(CC)c1nc(-c2ncccc2Cl)no1. The Morgan fingerprint density at radius 1 is 1.39 bits per heavy atom. The van der Waals surface area contributed by atoms with E-state index >= 15 is 0 Å². The van der Waals surface area contributed by atoms with Crippen LogP contribution in [-0.2, 0) is 5.54 Å². The van der Waals surface area contributed by atoms with Gasteiger partial charge in [0.15, 0.2) is 0 Å². The van der Waals surface area contributed by atoms with Gasteiger partial charge < -0.3 is 10.3 Å². The summed E-state index contributed by atoms with van der Waals surface area (Å²) < 4.78 is 5.24. The molecule has 0 unspecified atom stereocenters. The number of hydrogen-bond donors (Lipinski definition) is 1. The standard InChI is InChI=1S/C12H15ClN4O/c1-3-12(14,4-2)11-16-10(17-18-11)9-8(13)6-5-7-15-9/h5-7H,3-4,14H2,1-2H3. The zero-order valence-corrected chi connectivity index (χ0v) is 11.1. The van der Waals surface area contributed by atoms with Crippen LogP contribution in [0.15, 0.2) is 22.9 Å². The van der Waals surface area contributed by atoms with E-state index in [0.717, 1.165) is 12.8 Å². The molecular weight excluding hydrogens is 252 g/mol. The number of nitrogens with two attached hydrogens (primary N) is 1. The summed E-state index contributed by atoms with van der Waals surface area (Å²) in [6.07, 6.45) is 3.08. The largest absolute Gasteiger partial charge is 0.337 e. The Hall–Kier alpha value is -1.46. The van der Waals surface area contributed by atoms with Gasteiger partial charge in [0.1, 0.15) is 5.69 Å². The van der Waals surface area contributed by atoms with Gasteiger partial charge in [-0.2, -0.15) is 4.98 Å². The smallest absolute Gasteiger partial charge is 0.247 e. The molecule has 2 rings (SSSR count). The summed E-state index contributed by atoms with van der Waals surface area (Å²) in [6, 6.07) is 3.48. The van der Waals surface area contributed by atoms with E-state index in [1.54, 1.807) is 18.3 Å². The number of hydrogen-bond acceptors (Lipinski definition) is 5. The van der Waals surface area contributed by atoms with Crippen molar-refractivity contribution in [3.05, 3.63) is 29.2 Å². The predicted octanol–water partition coefficient (Wildman–Crippen LogP) is 2.76. The van der Waals surface area contributed by atoms with Crippen LogP contribution in [0.3, 0.4) is 0 Å². The molecule has 0 aliphatic heterocycles. The van der Waals surface area contributed by atoms with Gasteiger partial charge in [-0.05, 0) is 25.0 Å². The molecule has 2 aromatic heterocycles. The summed E-state index contributed by atoms with van der Waals surface area (Å²) in [4.78, 5) is 8.44. The number of halogens is 1. The van der Waals surface area contributed by atoms with Gasteiger partial charge in [0, 0.05) is 6.20 Å². The third-order valence-corrected chi connectivity index (χ3v) is 3.39. The third kappa shape index (κ3) is 2.23. The van der Waals surface area contributed by atoms with E-state index in [1.807, 2.05) is 13.8 Å². The van der Waals surface area contributed by atoms with E-state index in [2.05, 4.69) is 15.1 Å². The fourth-order valence-corrected chi connectivity index (χ4v) is 1.83. The number of nitrogens with zero attached hydrogens (tertiary/aromatic N) is 3. The summed E-state index contributed by atoms with van der Waals surface area (Å²) in [5.74, 6) is 0.788. The van der Waals surface area contributed by atoms with Gasteiger partial charge in [-0.3, -0.25) is 4.98 Å². The minimum Gasteiger partial charge on any atom is -0.337 e. The van der Waals surface area contributed by atoms with Crippen molar-refractivity contribution in [3.8, 4) is 11.5 Å². The van der Waals surface area contributed by atoms with E-state index in [9.17, 15) is 0 Å². The average molecular weight is 267 g/mol. The third-order valence-electron chi connectivity index (χ3n) is 3.08. The van der Waals surface area contributed by atoms with E-state index in [1.165, 1.54) is 0 Å². The van der Waals surface area contributed by atoms with Crippen molar-refractivity contribution in [1.29, 1.82) is 0 Å². The van der Waals surface area contributed by atoms with Gasteiger partial charge in [-0.15, -0.1) is 0 Å². The maximum atomic E-state index is 6.20. The Balaban J connectivity index is 2.40. The molecule has 0 aliphatic rings. The van der Waals surface area contributed by atoms with Crippen molar-refractivity contribution >= 4 is 11.6 Å². The highest BCUT2D eigenvalue weighted by Gasteiger charge is 2.30. The Morgan fingerprint density at radius 2 is 2.11 bits per heavy atom. The van der Waals surface area contributed by atoms with Crippen LogP contribution in [0.1, 0.15) is 32.6 Å². The number of rotatable bonds is 4. The van der Waals surface area contributed by atoms with E-state index in [-0.39, 0.29) is 0 Å². The quantitative estimate of drug-likeness (QED) is 0.921. The van der Waals surface area contributed by atoms with Crippen LogP contribution in [0.25, 0.3) is 11.5 Å². The van der Waals surface area contributed by atoms with Gasteiger partial charge in [-0.25, -0.2) is 0 Å². The second-order valence-corrected chi connectivity index (χ2v) is 4.53. The molecule has 96 valence electrons. The first-order chi connectivity index (χ1) is 8.60. The minimum atomic E-state index is -0.591. The summed E-state index contributed by atoms with van der Waals surface area (Å²) >= 11 is 6.03. The lowest BCUT2D eigenvalue weighted by atomic mass is 9.94. The topological polar surface area (TPSA) is 77.8 Å². The van der Waals surface area contributed by atoms with E-state index in [0.29, 0.717) is 22.4 Å². The van der Waals surface area contributed by atoms with Crippen LogP contribution in [0.4, 0.5) is 0 Å². The first-order valence-electron chi connectivity index (χ1n) is 5.84. The summed E-state index contributed by atoms with van der Waals surface area (Å²) in [5, 5.41) is 4.38. The fourth-order valence-electron chi connectivity index (χ4n) is 1.62. The zero-order chi connectivity index (χ0) is 13.2. The molecule has 0 spiro atoms. The molecule has 0 amide bonds. The number of aromatic nitrogens is 3. The van der Waals surface area contributed by atoms with Crippen LogP contribution in [0, 0.1) is 0 Å². The lowest BCUT2D eigenvalue weighted by molar-refractivity contribution is 0.268. The molecule has 6 heteroatoms. The normalized spacial score (nSPS) is 11.8. The monoisotopic (exact) mass is 266 g/mol. The van der Waals surface area contributed by atoms with Crippen molar-refractivity contribution in [2.45, 2.75) is 32.2 Å². The molecule has 0 fully saturated rings. The van der Waals surface area contributed by atoms with Crippen LogP contribution >= 0.6 is 11.6 Å². The van der Waals surface area contributed by atoms with Gasteiger partial charge in [0.05, 0.1) is 10.6 Å². The minimum absolute atomic E-state index is 0.368. The maximum absolute atomic E-state index is 6.20. The van der Waals surface area contributed by atoms with Crippen molar-refractivity contribution < 1.29 is 4.52 Å². The van der Waals surface area contributed by atoms with Crippen molar-refractivity contribution in [1.82, 2.24) is 15.1 Å². The Labute approximate surface area is 110 Å². The van der Waals surface area contributed by atoms with Crippen molar-refractivity contribution in [2.24, 2.45) is 5.73 Å². The Bertz CT molecular complexity index is 536. The van der Waals surface area contributed by atoms with Gasteiger partial charge in [0.2, 0.25) is 11.7 Å². The molecule has 18 heavy (non-hydrogen) atoms. The Morgan fingerprint density at radius 3 is 2.72 bits per heavy atom. The maximum Gasteiger partial charge on any atom is 0.247 e. The van der Waals surface area contributed by atoms with Gasteiger partial charge >= 0.3 is 0 Å². The molecule has 0 aliphatic carbocycles. The van der Waals surface area contributed by atoms with E-state index < -0.39 is 5.54 Å². The van der Waals surface area contributed by atoms with Gasteiger partial charge in [-0.1, -0.05) is 30.6 Å². The highest BCUT2D eigenvalue weighted by molar-refractivity contribution is 6.32. The highest BCUT2D eigenvalue weighted by Crippen LogP contribution is 2.28. The fraction of sp³-hybridized carbons (Fsp3) is 0.417. The van der Waals surface area contributed by atoms with Crippen LogP contribution < -0.4 is 5.73 Å². The number of pyridine rings is 1. The van der Waals surface area contributed by atoms with Crippen molar-refractivity contribution in [2.75, 3.05) is 0 Å². The molecule has 0 atom stereocenters. The molecule has 5 nitrogen and oxygen atoms in total. The summed E-state index contributed by atoms with van der Waals surface area (Å²) in [7, 11) is 0. The van der Waals surface area contributed by atoms with Crippen molar-refractivity contribution in [3.63, 3.8) is 0 Å². The molecule has 2 aromatic rings. The molecule has 0 aromatic carbocycles. The second kappa shape index (κ2) is 5.04. The van der Waals surface area contributed by atoms with Crippen LogP contribution in [-0.4, -0.2) is 15.1 Å². The lowest BCUT2D eigenvalue weighted by Crippen LogP contribution is -2.35. The molecule has 2 N–H and O–H groups in total. The lowest BCUT2D eigenvalue weighted by Gasteiger charge is -2.20. The summed E-state index contributed by atoms with van der Waals surface area (Å²) in [5.41, 5.74) is 6.11. The molecule has 0 bridgehead atoms. The first-order valence-corrected chi connectivity index (χ1v) is 6.22. The van der Waals surface area contributed by atoms with E-state index in [4.69, 9.17) is 21.9 Å². The predicted molar refractivity (Wildman–Crippen MR) is 69.0 cm³/mol. The molecule has 0 saturated heterocycles. The first kappa shape index (κ1) is 13.0. The zero-order valence-electron chi connectivity index (χ0n) is 10.4. The highest BCUT2D eigenvalue weighted by atomic mass is 35.5. The average Bonchev–Trinajstić information content (AvgIpc) is 2.88. The molecule has 0 radical (unpaired) electrons. The van der Waals surface area contributed by atoms with Crippen LogP contribution in [0.5, 0.6) is 0 Å². The summed E-state index contributed by atoms with van der Waals surface area (Å²) in [6.45, 7) is 3.97. The molecule has 2 heterocycles. The Kier molecular flexibility index (Phi) is 3.63. The van der Waals surface area contributed by atoms with Crippen LogP contribution in [0.2, 0.25) is 5.02 Å². The molecule has 0 saturated carbocycles. The molecular formula is C12H15ClN4O. The second-order valence-electron chi connectivity index (χ2n) is 4.12.